The van der Waals surface area contributed by atoms with E-state index in [4.69, 9.17) is 21.1 Å². The van der Waals surface area contributed by atoms with Crippen LogP contribution in [0.5, 0.6) is 5.75 Å². The van der Waals surface area contributed by atoms with Gasteiger partial charge in [0.2, 0.25) is 0 Å². The number of likely N-dealkylation sites (N-methyl/N-ethyl adjacent to an activating group) is 1. The molecule has 1 fully saturated rings. The first-order valence-electron chi connectivity index (χ1n) is 10.7. The van der Waals surface area contributed by atoms with Crippen LogP contribution in [0.25, 0.3) is 10.9 Å². The zero-order valence-corrected chi connectivity index (χ0v) is 19.6. The van der Waals surface area contributed by atoms with Gasteiger partial charge in [-0.15, -0.1) is 0 Å². The fraction of sp³-hybridized carbons (Fsp3) is 0.333. The Morgan fingerprint density at radius 3 is 2.70 bits per heavy atom. The number of rotatable bonds is 6. The molecule has 0 aliphatic carbocycles. The van der Waals surface area contributed by atoms with E-state index in [1.165, 1.54) is 12.3 Å². The Morgan fingerprint density at radius 2 is 2.00 bits per heavy atom. The van der Waals surface area contributed by atoms with Gasteiger partial charge in [-0.1, -0.05) is 17.7 Å². The lowest BCUT2D eigenvalue weighted by Crippen LogP contribution is -2.44. The minimum atomic E-state index is -0.605. The van der Waals surface area contributed by atoms with E-state index in [9.17, 15) is 9.18 Å². The number of nitrogens with one attached hydrogen (secondary N) is 1. The van der Waals surface area contributed by atoms with E-state index in [0.29, 0.717) is 22.3 Å². The van der Waals surface area contributed by atoms with Gasteiger partial charge in [0.15, 0.2) is 5.82 Å². The lowest BCUT2D eigenvalue weighted by atomic mass is 10.1. The Kier molecular flexibility index (Phi) is 6.85. The van der Waals surface area contributed by atoms with Gasteiger partial charge in [0.25, 0.3) is 0 Å². The third-order valence-electron chi connectivity index (χ3n) is 5.72. The molecule has 0 unspecified atom stereocenters. The Balaban J connectivity index is 1.90. The van der Waals surface area contributed by atoms with Crippen molar-refractivity contribution >= 4 is 45.5 Å². The van der Waals surface area contributed by atoms with Gasteiger partial charge in [0.1, 0.15) is 11.3 Å². The fourth-order valence-electron chi connectivity index (χ4n) is 3.90. The van der Waals surface area contributed by atoms with Crippen LogP contribution < -0.4 is 15.0 Å². The number of esters is 1. The summed E-state index contributed by atoms with van der Waals surface area (Å²) in [6, 6.07) is 8.43. The highest BCUT2D eigenvalue weighted by Gasteiger charge is 2.23. The maximum atomic E-state index is 14.7. The van der Waals surface area contributed by atoms with Gasteiger partial charge in [-0.2, -0.15) is 0 Å². The number of methoxy groups -OCH3 is 1. The molecule has 33 heavy (non-hydrogen) atoms. The van der Waals surface area contributed by atoms with Crippen molar-refractivity contribution in [3.8, 4) is 5.75 Å². The molecule has 0 bridgehead atoms. The molecule has 4 rings (SSSR count). The van der Waals surface area contributed by atoms with Crippen LogP contribution in [0.2, 0.25) is 5.02 Å². The molecule has 0 radical (unpaired) electrons. The third kappa shape index (κ3) is 4.67. The number of carbonyl (C=O) groups excluding carboxylic acids is 1. The summed E-state index contributed by atoms with van der Waals surface area (Å²) < 4.78 is 25.6. The van der Waals surface area contributed by atoms with Crippen molar-refractivity contribution in [3.05, 3.63) is 52.9 Å². The average Bonchev–Trinajstić information content (AvgIpc) is 2.82. The predicted octanol–water partition coefficient (Wildman–Crippen LogP) is 4.71. The van der Waals surface area contributed by atoms with Crippen LogP contribution in [0, 0.1) is 5.82 Å². The molecule has 174 valence electrons. The SMILES string of the molecule is CCOC(=O)c1cnc2cc(OC)c(N3CCN(C)CC3)cc2c1Nc1cccc(Cl)c1F. The number of fused-ring (bicyclic) bond motifs is 1. The number of hydrogen-bond acceptors (Lipinski definition) is 7. The van der Waals surface area contributed by atoms with Crippen molar-refractivity contribution in [3.63, 3.8) is 0 Å². The number of pyridine rings is 1. The highest BCUT2D eigenvalue weighted by atomic mass is 35.5. The summed E-state index contributed by atoms with van der Waals surface area (Å²) in [6.45, 7) is 5.43. The van der Waals surface area contributed by atoms with Crippen LogP contribution in [0.1, 0.15) is 17.3 Å². The predicted molar refractivity (Wildman–Crippen MR) is 129 cm³/mol. The van der Waals surface area contributed by atoms with E-state index >= 15 is 0 Å². The summed E-state index contributed by atoms with van der Waals surface area (Å²) >= 11 is 5.98. The number of aromatic nitrogens is 1. The first-order chi connectivity index (χ1) is 15.9. The van der Waals surface area contributed by atoms with Crippen molar-refractivity contribution in [2.24, 2.45) is 0 Å². The van der Waals surface area contributed by atoms with Crippen LogP contribution in [0.15, 0.2) is 36.5 Å². The summed E-state index contributed by atoms with van der Waals surface area (Å²) in [5.74, 6) is -0.469. The summed E-state index contributed by atoms with van der Waals surface area (Å²) in [5, 5.41) is 3.70. The van der Waals surface area contributed by atoms with E-state index in [1.54, 1.807) is 26.2 Å². The Hall–Kier alpha value is -3.10. The van der Waals surface area contributed by atoms with Crippen LogP contribution in [-0.4, -0.2) is 62.8 Å². The summed E-state index contributed by atoms with van der Waals surface area (Å²) in [4.78, 5) is 21.7. The van der Waals surface area contributed by atoms with Crippen LogP contribution in [0.3, 0.4) is 0 Å². The quantitative estimate of drug-likeness (QED) is 0.521. The molecule has 9 heteroatoms. The Bertz CT molecular complexity index is 1180. The smallest absolute Gasteiger partial charge is 0.341 e. The van der Waals surface area contributed by atoms with Gasteiger partial charge in [0, 0.05) is 43.8 Å². The van der Waals surface area contributed by atoms with Crippen molar-refractivity contribution in [1.82, 2.24) is 9.88 Å². The number of anilines is 3. The Morgan fingerprint density at radius 1 is 1.24 bits per heavy atom. The normalized spacial score (nSPS) is 14.4. The van der Waals surface area contributed by atoms with E-state index in [-0.39, 0.29) is 22.9 Å². The molecule has 2 heterocycles. The standard InChI is InChI=1S/C24H26ClFN4O3/c1-4-33-24(31)16-14-27-19-13-21(32-3)20(30-10-8-29(2)9-11-30)12-15(19)23(16)28-18-7-5-6-17(25)22(18)26/h5-7,12-14H,4,8-11H2,1-3H3,(H,27,28). The molecule has 0 saturated carbocycles. The minimum Gasteiger partial charge on any atom is -0.495 e. The van der Waals surface area contributed by atoms with Crippen LogP contribution in [-0.2, 0) is 4.74 Å². The molecule has 3 aromatic rings. The van der Waals surface area contributed by atoms with Gasteiger partial charge >= 0.3 is 5.97 Å². The number of halogens is 2. The van der Waals surface area contributed by atoms with Gasteiger partial charge in [0.05, 0.1) is 41.3 Å². The maximum absolute atomic E-state index is 14.7. The number of hydrogen-bond donors (Lipinski definition) is 1. The molecule has 0 spiro atoms. The molecule has 1 aliphatic rings. The monoisotopic (exact) mass is 472 g/mol. The minimum absolute atomic E-state index is 0.0177. The zero-order valence-electron chi connectivity index (χ0n) is 18.8. The first-order valence-corrected chi connectivity index (χ1v) is 11.1. The fourth-order valence-corrected chi connectivity index (χ4v) is 4.07. The molecule has 1 N–H and O–H groups in total. The molecular weight excluding hydrogens is 447 g/mol. The third-order valence-corrected chi connectivity index (χ3v) is 6.01. The van der Waals surface area contributed by atoms with E-state index < -0.39 is 11.8 Å². The lowest BCUT2D eigenvalue weighted by Gasteiger charge is -2.35. The topological polar surface area (TPSA) is 66.9 Å². The molecule has 0 atom stereocenters. The second-order valence-corrected chi connectivity index (χ2v) is 8.23. The van der Waals surface area contributed by atoms with E-state index in [0.717, 1.165) is 31.9 Å². The maximum Gasteiger partial charge on any atom is 0.341 e. The van der Waals surface area contributed by atoms with Crippen molar-refractivity contribution < 1.29 is 18.7 Å². The van der Waals surface area contributed by atoms with Gasteiger partial charge in [-0.25, -0.2) is 9.18 Å². The summed E-state index contributed by atoms with van der Waals surface area (Å²) in [7, 11) is 3.71. The van der Waals surface area contributed by atoms with Crippen molar-refractivity contribution in [1.29, 1.82) is 0 Å². The first kappa shape index (κ1) is 23.1. The summed E-state index contributed by atoms with van der Waals surface area (Å²) in [6.07, 6.45) is 1.43. The molecule has 1 aliphatic heterocycles. The number of ether oxygens (including phenoxy) is 2. The zero-order chi connectivity index (χ0) is 23.5. The van der Waals surface area contributed by atoms with Gasteiger partial charge in [-0.05, 0) is 32.2 Å². The average molecular weight is 473 g/mol. The Labute approximate surface area is 197 Å². The van der Waals surface area contributed by atoms with Gasteiger partial charge < -0.3 is 24.6 Å². The second kappa shape index (κ2) is 9.80. The second-order valence-electron chi connectivity index (χ2n) is 7.83. The molecule has 2 aromatic carbocycles. The van der Waals surface area contributed by atoms with E-state index in [1.807, 2.05) is 12.1 Å². The number of nitrogens with zero attached hydrogens (tertiary/aromatic N) is 3. The number of benzene rings is 2. The molecule has 7 nitrogen and oxygen atoms in total. The highest BCUT2D eigenvalue weighted by molar-refractivity contribution is 6.31. The van der Waals surface area contributed by atoms with Crippen LogP contribution >= 0.6 is 11.6 Å². The summed E-state index contributed by atoms with van der Waals surface area (Å²) in [5.41, 5.74) is 2.24. The molecule has 1 saturated heterocycles. The van der Waals surface area contributed by atoms with Crippen molar-refractivity contribution in [2.45, 2.75) is 6.92 Å². The van der Waals surface area contributed by atoms with Crippen LogP contribution in [0.4, 0.5) is 21.5 Å². The largest absolute Gasteiger partial charge is 0.495 e. The van der Waals surface area contributed by atoms with Crippen molar-refractivity contribution in [2.75, 3.05) is 57.2 Å². The molecule has 0 amide bonds. The number of piperazine rings is 1. The highest BCUT2D eigenvalue weighted by Crippen LogP contribution is 2.39. The molecular formula is C24H26ClFN4O3. The number of carbonyl (C=O) groups is 1. The lowest BCUT2D eigenvalue weighted by molar-refractivity contribution is 0.0527. The molecule has 1 aromatic heterocycles. The van der Waals surface area contributed by atoms with E-state index in [2.05, 4.69) is 27.1 Å². The van der Waals surface area contributed by atoms with Gasteiger partial charge in [-0.3, -0.25) is 4.98 Å².